The molecule has 0 saturated carbocycles. The molecule has 0 aromatic heterocycles. The zero-order valence-corrected chi connectivity index (χ0v) is 84.8. The fourth-order valence-electron chi connectivity index (χ4n) is 15.0. The molecule has 42 N–H and O–H groups in total. The van der Waals surface area contributed by atoms with Gasteiger partial charge in [0.25, 0.3) is 0 Å². The molecule has 2 rings (SSSR count). The number of guanidine groups is 3. The highest BCUT2D eigenvalue weighted by Gasteiger charge is 2.44. The van der Waals surface area contributed by atoms with Crippen molar-refractivity contribution in [1.29, 1.82) is 16.2 Å². The second kappa shape index (κ2) is 68.1. The highest BCUT2D eigenvalue weighted by atomic mass is 32.1. The van der Waals surface area contributed by atoms with Gasteiger partial charge in [0, 0.05) is 44.1 Å². The summed E-state index contributed by atoms with van der Waals surface area (Å²) in [5.41, 5.74) is 52.0. The number of hydrogen-bond donors (Lipinski definition) is 35. The van der Waals surface area contributed by atoms with Gasteiger partial charge in [0.15, 0.2) is 17.9 Å². The third-order valence-electron chi connectivity index (χ3n) is 23.8. The number of carbonyl (C=O) groups is 18. The molecule has 0 radical (unpaired) electrons. The van der Waals surface area contributed by atoms with Crippen molar-refractivity contribution in [2.75, 3.05) is 63.9 Å². The number of likely N-dealkylation sites (tertiary alicyclic amines) is 1. The van der Waals surface area contributed by atoms with Gasteiger partial charge in [-0.15, -0.1) is 0 Å². The van der Waals surface area contributed by atoms with Crippen molar-refractivity contribution in [3.63, 3.8) is 0 Å². The van der Waals surface area contributed by atoms with Crippen LogP contribution in [0.4, 0.5) is 0 Å². The lowest BCUT2D eigenvalue weighted by molar-refractivity contribution is -0.143. The molecule has 0 unspecified atom stereocenters. The molecule has 1 aromatic rings. The number of amides is 17. The fraction of sp³-hybridized carbons (Fsp3) is 0.697. The molecule has 143 heavy (non-hydrogen) atoms. The Kier molecular flexibility index (Phi) is 60.4. The van der Waals surface area contributed by atoms with Crippen molar-refractivity contribution in [1.82, 2.24) is 101 Å². The molecule has 1 fully saturated rings. The van der Waals surface area contributed by atoms with E-state index < -0.39 is 263 Å². The number of phenolic OH excluding ortho intramolecular Hbond substituents is 1. The Morgan fingerprint density at radius 3 is 1.13 bits per heavy atom. The van der Waals surface area contributed by atoms with Gasteiger partial charge in [-0.05, 0) is 171 Å². The van der Waals surface area contributed by atoms with Crippen molar-refractivity contribution < 1.29 is 102 Å². The molecule has 17 amide bonds. The summed E-state index contributed by atoms with van der Waals surface area (Å²) in [6.07, 6.45) is -0.306. The number of carbonyl (C=O) groups excluding carboxylic acids is 17. The molecule has 1 aromatic carbocycles. The first-order valence-corrected chi connectivity index (χ1v) is 49.7. The number of nitrogens with one attached hydrogen (secondary N) is 21. The molecule has 1 aliphatic rings. The molecule has 54 heteroatoms. The summed E-state index contributed by atoms with van der Waals surface area (Å²) >= 11 is 8.61. The fourth-order valence-corrected chi connectivity index (χ4v) is 15.5. The van der Waals surface area contributed by atoms with Gasteiger partial charge < -0.3 is 168 Å². The second-order valence-electron chi connectivity index (χ2n) is 35.7. The summed E-state index contributed by atoms with van der Waals surface area (Å²) in [7, 11) is 0. The molecular formula is C89H159N31O21S2. The van der Waals surface area contributed by atoms with Crippen LogP contribution in [0, 0.1) is 34.0 Å². The first-order chi connectivity index (χ1) is 67.6. The maximum absolute atomic E-state index is 14.9. The number of rotatable bonds is 71. The van der Waals surface area contributed by atoms with Crippen LogP contribution in [0.3, 0.4) is 0 Å². The number of benzene rings is 1. The standard InChI is InChI=1S/C89H159N31O21S2/c1-9-12-22-59(86(140)141)111-72(126)55(25-18-39-103-88(98)99)106-74(128)57(32-36-92)109-79(133)62(44-142)114-73(127)53(23-14-16-35-91)105-75(129)58(33-37-93)110-84(138)69(49(8)121)119-76(130)56(26-19-40-104-89(100)101)107-71(125)54(24-17-38-102-87(96)97)108-78(132)61(43-65(95)123)112-80(134)63(45-143)115-77(131)60(42-50-28-30-51(122)31-29-50)113-82(136)67(47(6)10-2)118-83(137)68(48(7)11-3)117-81(135)64-27-20-41-120(64)85(139)66(46(4)5)116-70(124)52(94)21-13-15-34-90/h28-31,46-49,52-64,66-69,121-122,142-143H,9-27,32-45,90-94H2,1-8H3,(H2,95,123)(H,105,129)(H,106,128)(H,107,125)(H,108,132)(H,109,133)(H,110,138)(H,111,126)(H,112,134)(H,113,136)(H,114,127)(H,115,131)(H,116,124)(H,117,135)(H,118,137)(H,119,130)(H,140,141)(H4,96,97,102)(H4,98,99,103)(H4,100,101,104)/t47-,48-,49+,52+,53-,54-,55-,56-,57-,58+,59-,60-,61-,62-,63-,64-,66-,67-,68-,69-/m0/s1. The van der Waals surface area contributed by atoms with E-state index in [2.05, 4.69) is 121 Å². The molecule has 52 nitrogen and oxygen atoms in total. The Morgan fingerprint density at radius 1 is 0.399 bits per heavy atom. The van der Waals surface area contributed by atoms with E-state index in [9.17, 15) is 102 Å². The molecule has 808 valence electrons. The van der Waals surface area contributed by atoms with Gasteiger partial charge >= 0.3 is 5.97 Å². The lowest BCUT2D eigenvalue weighted by Crippen LogP contribution is -2.63. The minimum Gasteiger partial charge on any atom is -0.508 e. The van der Waals surface area contributed by atoms with E-state index in [0.717, 1.165) is 6.92 Å². The monoisotopic (exact) mass is 2060 g/mol. The Bertz CT molecular complexity index is 4340. The molecular weight excluding hydrogens is 1900 g/mol. The summed E-state index contributed by atoms with van der Waals surface area (Å²) in [6.45, 7) is 13.3. The maximum atomic E-state index is 14.9. The van der Waals surface area contributed by atoms with Crippen LogP contribution in [0.2, 0.25) is 0 Å². The van der Waals surface area contributed by atoms with Gasteiger partial charge in [-0.2, -0.15) is 25.3 Å². The normalized spacial score (nSPS) is 16.2. The van der Waals surface area contributed by atoms with Crippen LogP contribution in [0.1, 0.15) is 202 Å². The molecule has 1 saturated heterocycles. The summed E-state index contributed by atoms with van der Waals surface area (Å²) in [4.78, 5) is 257. The van der Waals surface area contributed by atoms with E-state index >= 15 is 0 Å². The lowest BCUT2D eigenvalue weighted by Gasteiger charge is -2.33. The Balaban J connectivity index is 2.59. The number of aliphatic carboxylic acids is 1. The quantitative estimate of drug-likeness (QED) is 0.0125. The van der Waals surface area contributed by atoms with Crippen LogP contribution in [0.5, 0.6) is 5.75 Å². The van der Waals surface area contributed by atoms with Crippen LogP contribution >= 0.6 is 25.3 Å². The van der Waals surface area contributed by atoms with Crippen LogP contribution in [-0.2, 0) is 92.7 Å². The predicted molar refractivity (Wildman–Crippen MR) is 538 cm³/mol. The maximum Gasteiger partial charge on any atom is 0.326 e. The number of carboxylic acids is 1. The van der Waals surface area contributed by atoms with Crippen LogP contribution in [-0.4, -0.2) is 317 Å². The third-order valence-corrected chi connectivity index (χ3v) is 24.5. The van der Waals surface area contributed by atoms with Gasteiger partial charge in [0.2, 0.25) is 100 Å². The number of unbranched alkanes of at least 4 members (excludes halogenated alkanes) is 3. The van der Waals surface area contributed by atoms with Crippen molar-refractivity contribution >= 4 is 150 Å². The number of carboxylic acid groups (broad SMARTS) is 1. The number of nitrogens with zero attached hydrogens (tertiary/aromatic N) is 1. The van der Waals surface area contributed by atoms with Gasteiger partial charge in [-0.3, -0.25) is 97.7 Å². The Hall–Kier alpha value is -12.2. The SMILES string of the molecule is CCCC[C@H](NC(=O)[C@H](CCCNC(=N)N)NC(=O)[C@H](CCN)NC(=O)[C@H](CS)NC(=O)[C@H](CCCCN)NC(=O)[C@@H](CCN)NC(=O)[C@@H](NC(=O)[C@H](CCCNC(=N)N)NC(=O)[C@H](CCCNC(=N)N)NC(=O)[C@H](CC(N)=O)NC(=O)[C@H](CS)NC(=O)[C@H](Cc1ccc(O)cc1)NC(=O)[C@@H](NC(=O)[C@@H](NC(=O)[C@@H]1CCCN1C(=O)[C@@H](NC(=O)[C@H](N)CCCCN)C(C)C)[C@@H](C)CC)[C@@H](C)CC)[C@@H](C)O)C(=O)O. The number of aromatic hydroxyl groups is 1. The average molecular weight is 2060 g/mol. The minimum atomic E-state index is -1.99. The summed E-state index contributed by atoms with van der Waals surface area (Å²) in [6, 6.07) is -20.0. The molecule has 1 aliphatic heterocycles. The molecule has 1 heterocycles. The van der Waals surface area contributed by atoms with Gasteiger partial charge in [0.1, 0.15) is 102 Å². The van der Waals surface area contributed by atoms with Crippen LogP contribution < -0.4 is 147 Å². The summed E-state index contributed by atoms with van der Waals surface area (Å²) in [5, 5.41) is 100. The zero-order valence-electron chi connectivity index (χ0n) is 83.0. The summed E-state index contributed by atoms with van der Waals surface area (Å²) < 4.78 is 0. The molecule has 0 aliphatic carbocycles. The van der Waals surface area contributed by atoms with E-state index in [0.29, 0.717) is 63.5 Å². The van der Waals surface area contributed by atoms with E-state index in [1.54, 1.807) is 41.5 Å². The lowest BCUT2D eigenvalue weighted by atomic mass is 9.94. The summed E-state index contributed by atoms with van der Waals surface area (Å²) in [5.74, 6) is -22.0. The highest BCUT2D eigenvalue weighted by Crippen LogP contribution is 2.24. The van der Waals surface area contributed by atoms with Crippen LogP contribution in [0.15, 0.2) is 24.3 Å². The molecule has 0 spiro atoms. The highest BCUT2D eigenvalue weighted by molar-refractivity contribution is 7.80. The second-order valence-corrected chi connectivity index (χ2v) is 36.5. The topological polar surface area (TPSA) is 893 Å². The number of nitrogens with two attached hydrogens (primary N) is 9. The van der Waals surface area contributed by atoms with Crippen molar-refractivity contribution in [2.24, 2.45) is 69.4 Å². The Labute approximate surface area is 844 Å². The predicted octanol–water partition coefficient (Wildman–Crippen LogP) is -8.59. The van der Waals surface area contributed by atoms with Crippen molar-refractivity contribution in [3.8, 4) is 5.75 Å². The van der Waals surface area contributed by atoms with E-state index in [4.69, 9.17) is 67.8 Å². The van der Waals surface area contributed by atoms with E-state index in [1.165, 1.54) is 29.2 Å². The number of phenols is 1. The largest absolute Gasteiger partial charge is 0.508 e. The van der Waals surface area contributed by atoms with E-state index in [1.807, 2.05) is 6.92 Å². The van der Waals surface area contributed by atoms with Gasteiger partial charge in [-0.1, -0.05) is 92.7 Å². The molecule has 20 atom stereocenters. The minimum absolute atomic E-state index is 0.0739. The number of hydrogen-bond acceptors (Lipinski definition) is 30. The number of aliphatic hydroxyl groups excluding tert-OH is 1. The van der Waals surface area contributed by atoms with Crippen LogP contribution in [0.25, 0.3) is 0 Å². The Morgan fingerprint density at radius 2 is 0.734 bits per heavy atom. The smallest absolute Gasteiger partial charge is 0.326 e. The van der Waals surface area contributed by atoms with Crippen molar-refractivity contribution in [2.45, 2.75) is 312 Å². The number of primary amides is 1. The molecule has 0 bridgehead atoms. The average Bonchev–Trinajstić information content (AvgIpc) is 1.71. The van der Waals surface area contributed by atoms with Gasteiger partial charge in [0.05, 0.1) is 18.6 Å². The van der Waals surface area contributed by atoms with Gasteiger partial charge in [-0.25, -0.2) is 4.79 Å². The first-order valence-electron chi connectivity index (χ1n) is 48.5. The van der Waals surface area contributed by atoms with E-state index in [-0.39, 0.29) is 147 Å². The first kappa shape index (κ1) is 127. The number of aliphatic hydroxyl groups is 1. The third kappa shape index (κ3) is 46.8. The zero-order chi connectivity index (χ0) is 108. The number of thiol groups is 2. The van der Waals surface area contributed by atoms with Crippen molar-refractivity contribution in [3.05, 3.63) is 29.8 Å².